The number of nitrogens with zero attached hydrogens (tertiary/aromatic N) is 2. The minimum absolute atomic E-state index is 0.208. The predicted octanol–water partition coefficient (Wildman–Crippen LogP) is 5.53. The van der Waals surface area contributed by atoms with Crippen molar-refractivity contribution in [3.8, 4) is 5.88 Å². The van der Waals surface area contributed by atoms with E-state index >= 15 is 4.39 Å². The first-order chi connectivity index (χ1) is 22.2. The first-order valence-corrected chi connectivity index (χ1v) is 16.9. The molecule has 1 aliphatic rings. The molecule has 4 aromatic rings. The lowest BCUT2D eigenvalue weighted by atomic mass is 10.00. The van der Waals surface area contributed by atoms with Gasteiger partial charge in [0, 0.05) is 53.9 Å². The normalized spacial score (nSPS) is 17.7. The number of pyridine rings is 1. The highest BCUT2D eigenvalue weighted by Crippen LogP contribution is 2.28. The second-order valence-corrected chi connectivity index (χ2v) is 13.5. The molecule has 0 spiro atoms. The zero-order valence-corrected chi connectivity index (χ0v) is 27.2. The molecule has 0 unspecified atom stereocenters. The number of benzene rings is 3. The van der Waals surface area contributed by atoms with Crippen molar-refractivity contribution in [3.63, 3.8) is 0 Å². The van der Waals surface area contributed by atoms with Crippen molar-refractivity contribution in [2.45, 2.75) is 49.2 Å². The Morgan fingerprint density at radius 2 is 1.83 bits per heavy atom. The highest BCUT2D eigenvalue weighted by atomic mass is 35.5. The van der Waals surface area contributed by atoms with Crippen LogP contribution in [0.3, 0.4) is 0 Å². The number of hydrogen-bond acceptors (Lipinski definition) is 7. The molecule has 242 valence electrons. The van der Waals surface area contributed by atoms with E-state index in [0.717, 1.165) is 5.56 Å². The van der Waals surface area contributed by atoms with Crippen LogP contribution in [-0.4, -0.2) is 61.9 Å². The summed E-state index contributed by atoms with van der Waals surface area (Å²) in [6, 6.07) is 22.1. The summed E-state index contributed by atoms with van der Waals surface area (Å²) in [7, 11) is -2.26. The highest BCUT2D eigenvalue weighted by Gasteiger charge is 2.37. The Kier molecular flexibility index (Phi) is 10.9. The highest BCUT2D eigenvalue weighted by molar-refractivity contribution is 7.89. The van der Waals surface area contributed by atoms with Gasteiger partial charge in [-0.15, -0.1) is 0 Å². The van der Waals surface area contributed by atoms with Gasteiger partial charge in [0.25, 0.3) is 0 Å². The quantitative estimate of drug-likeness (QED) is 0.183. The molecule has 46 heavy (non-hydrogen) atoms. The zero-order chi connectivity index (χ0) is 32.7. The SMILES string of the molecule is COc1ccc(N[C@@H](Cc2ccc(Cl)cc2)C(=O)Nc2cccc(F)c2CC[C@H]2CNC[C@H](C)N2S(=O)(=O)c2ccccc2)cn1. The number of rotatable bonds is 12. The van der Waals surface area contributed by atoms with Gasteiger partial charge in [0.05, 0.1) is 23.9 Å². The molecule has 1 aliphatic heterocycles. The van der Waals surface area contributed by atoms with Crippen molar-refractivity contribution < 1.29 is 22.3 Å². The third-order valence-corrected chi connectivity index (χ3v) is 10.3. The van der Waals surface area contributed by atoms with E-state index in [-0.39, 0.29) is 23.3 Å². The van der Waals surface area contributed by atoms with Crippen molar-refractivity contribution in [2.24, 2.45) is 0 Å². The number of aromatic nitrogens is 1. The van der Waals surface area contributed by atoms with Crippen molar-refractivity contribution in [2.75, 3.05) is 30.8 Å². The molecule has 1 aromatic heterocycles. The van der Waals surface area contributed by atoms with E-state index in [2.05, 4.69) is 20.9 Å². The van der Waals surface area contributed by atoms with Crippen LogP contribution in [0.15, 0.2) is 96.0 Å². The fraction of sp³-hybridized carbons (Fsp3) is 0.294. The second kappa shape index (κ2) is 15.0. The molecule has 3 N–H and O–H groups in total. The van der Waals surface area contributed by atoms with Gasteiger partial charge in [-0.3, -0.25) is 4.79 Å². The van der Waals surface area contributed by atoms with Crippen LogP contribution in [0.1, 0.15) is 24.5 Å². The molecule has 1 fully saturated rings. The van der Waals surface area contributed by atoms with E-state index in [1.807, 2.05) is 19.1 Å². The Morgan fingerprint density at radius 3 is 2.52 bits per heavy atom. The molecule has 12 heteroatoms. The largest absolute Gasteiger partial charge is 0.481 e. The number of nitrogens with one attached hydrogen (secondary N) is 3. The van der Waals surface area contributed by atoms with Crippen LogP contribution in [0.2, 0.25) is 5.02 Å². The molecule has 0 aliphatic carbocycles. The van der Waals surface area contributed by atoms with Crippen LogP contribution in [0, 0.1) is 5.82 Å². The van der Waals surface area contributed by atoms with Gasteiger partial charge in [0.1, 0.15) is 11.9 Å². The Morgan fingerprint density at radius 1 is 1.07 bits per heavy atom. The fourth-order valence-electron chi connectivity index (χ4n) is 5.69. The summed E-state index contributed by atoms with van der Waals surface area (Å²) >= 11 is 6.08. The Bertz CT molecular complexity index is 1730. The van der Waals surface area contributed by atoms with Crippen LogP contribution in [0.5, 0.6) is 5.88 Å². The number of carbonyl (C=O) groups is 1. The number of piperazine rings is 1. The smallest absolute Gasteiger partial charge is 0.247 e. The van der Waals surface area contributed by atoms with Gasteiger partial charge in [-0.1, -0.05) is 48.0 Å². The van der Waals surface area contributed by atoms with Crippen LogP contribution in [0.4, 0.5) is 15.8 Å². The third-order valence-electron chi connectivity index (χ3n) is 7.99. The van der Waals surface area contributed by atoms with Crippen LogP contribution in [-0.2, 0) is 27.7 Å². The standard InChI is InChI=1S/C34H37ClFN5O4S/c1-23-20-37-22-27(41(23)46(43,44)28-7-4-3-5-8-28)16-17-29-30(36)9-6-10-31(29)40-34(42)32(19-24-11-13-25(35)14-12-24)39-26-15-18-33(45-2)38-21-26/h3-15,18,21,23,27,32,37,39H,16-17,19-20,22H2,1-2H3,(H,40,42)/t23-,27-,32-/m0/s1. The van der Waals surface area contributed by atoms with Gasteiger partial charge >= 0.3 is 0 Å². The van der Waals surface area contributed by atoms with Gasteiger partial charge in [-0.25, -0.2) is 17.8 Å². The number of sulfonamides is 1. The van der Waals surface area contributed by atoms with Gasteiger partial charge < -0.3 is 20.7 Å². The summed E-state index contributed by atoms with van der Waals surface area (Å²) in [5.74, 6) is -0.418. The molecule has 5 rings (SSSR count). The second-order valence-electron chi connectivity index (χ2n) is 11.2. The maximum atomic E-state index is 15.4. The predicted molar refractivity (Wildman–Crippen MR) is 178 cm³/mol. The summed E-state index contributed by atoms with van der Waals surface area (Å²) in [5, 5.41) is 10.1. The van der Waals surface area contributed by atoms with E-state index in [9.17, 15) is 13.2 Å². The Hall–Kier alpha value is -4.03. The van der Waals surface area contributed by atoms with E-state index < -0.39 is 27.9 Å². The number of ether oxygens (including phenoxy) is 1. The number of carbonyl (C=O) groups excluding carboxylic acids is 1. The minimum Gasteiger partial charge on any atom is -0.481 e. The maximum absolute atomic E-state index is 15.4. The molecule has 2 heterocycles. The molecule has 9 nitrogen and oxygen atoms in total. The molecule has 3 aromatic carbocycles. The van der Waals surface area contributed by atoms with Crippen molar-refractivity contribution in [3.05, 3.63) is 113 Å². The minimum atomic E-state index is -3.78. The van der Waals surface area contributed by atoms with E-state index in [1.165, 1.54) is 17.5 Å². The fourth-order valence-corrected chi connectivity index (χ4v) is 7.68. The van der Waals surface area contributed by atoms with Gasteiger partial charge in [0.15, 0.2) is 0 Å². The number of hydrogen-bond donors (Lipinski definition) is 3. The number of amides is 1. The molecule has 0 radical (unpaired) electrons. The van der Waals surface area contributed by atoms with Crippen LogP contribution in [0.25, 0.3) is 0 Å². The molecule has 3 atom stereocenters. The molecular weight excluding hydrogens is 629 g/mol. The topological polar surface area (TPSA) is 113 Å². The average Bonchev–Trinajstić information content (AvgIpc) is 3.05. The average molecular weight is 666 g/mol. The molecular formula is C34H37ClFN5O4S. The summed E-state index contributed by atoms with van der Waals surface area (Å²) in [6.07, 6.45) is 2.44. The maximum Gasteiger partial charge on any atom is 0.247 e. The van der Waals surface area contributed by atoms with Crippen molar-refractivity contribution in [1.29, 1.82) is 0 Å². The third kappa shape index (κ3) is 8.03. The van der Waals surface area contributed by atoms with E-state index in [4.69, 9.17) is 16.3 Å². The van der Waals surface area contributed by atoms with Crippen molar-refractivity contribution in [1.82, 2.24) is 14.6 Å². The van der Waals surface area contributed by atoms with Crippen LogP contribution < -0.4 is 20.7 Å². The number of methoxy groups -OCH3 is 1. The van der Waals surface area contributed by atoms with E-state index in [1.54, 1.807) is 72.9 Å². The zero-order valence-electron chi connectivity index (χ0n) is 25.6. The Labute approximate surface area is 274 Å². The molecule has 1 saturated heterocycles. The number of halogens is 2. The van der Waals surface area contributed by atoms with Gasteiger partial charge in [0.2, 0.25) is 21.8 Å². The first kappa shape index (κ1) is 33.3. The monoisotopic (exact) mass is 665 g/mol. The van der Waals surface area contributed by atoms with Gasteiger partial charge in [-0.2, -0.15) is 4.31 Å². The summed E-state index contributed by atoms with van der Waals surface area (Å²) in [6.45, 7) is 2.80. The van der Waals surface area contributed by atoms with Crippen molar-refractivity contribution >= 4 is 38.9 Å². The van der Waals surface area contributed by atoms with E-state index in [0.29, 0.717) is 53.8 Å². The Balaban J connectivity index is 1.36. The molecule has 1 amide bonds. The first-order valence-electron chi connectivity index (χ1n) is 15.0. The molecule has 0 bridgehead atoms. The summed E-state index contributed by atoms with van der Waals surface area (Å²) in [4.78, 5) is 18.2. The summed E-state index contributed by atoms with van der Waals surface area (Å²) in [5.41, 5.74) is 2.11. The lowest BCUT2D eigenvalue weighted by Gasteiger charge is -2.40. The lowest BCUT2D eigenvalue weighted by Crippen LogP contribution is -2.58. The molecule has 0 saturated carbocycles. The summed E-state index contributed by atoms with van der Waals surface area (Å²) < 4.78 is 49.4. The van der Waals surface area contributed by atoms with Crippen LogP contribution >= 0.6 is 11.6 Å². The van der Waals surface area contributed by atoms with Gasteiger partial charge in [-0.05, 0) is 67.8 Å². The lowest BCUT2D eigenvalue weighted by molar-refractivity contribution is -0.116. The number of anilines is 2.